The van der Waals surface area contributed by atoms with Crippen LogP contribution in [0.1, 0.15) is 6.42 Å². The molecule has 8 nitrogen and oxygen atoms in total. The first-order chi connectivity index (χ1) is 11.2. The van der Waals surface area contributed by atoms with Gasteiger partial charge in [0.15, 0.2) is 0 Å². The van der Waals surface area contributed by atoms with Crippen LogP contribution >= 0.6 is 0 Å². The van der Waals surface area contributed by atoms with Gasteiger partial charge in [0.25, 0.3) is 5.91 Å². The van der Waals surface area contributed by atoms with Crippen LogP contribution in [0.3, 0.4) is 0 Å². The first-order valence-corrected chi connectivity index (χ1v) is 6.86. The lowest BCUT2D eigenvalue weighted by Gasteiger charge is -2.05. The monoisotopic (exact) mass is 310 g/mol. The number of ether oxygens (including phenoxy) is 1. The fraction of sp³-hybridized carbons (Fsp3) is 0.133. The molecule has 0 atom stereocenters. The molecule has 2 aromatic rings. The van der Waals surface area contributed by atoms with E-state index in [1.165, 1.54) is 11.9 Å². The Kier molecular flexibility index (Phi) is 3.96. The van der Waals surface area contributed by atoms with Crippen LogP contribution < -0.4 is 5.73 Å². The first kappa shape index (κ1) is 14.6. The lowest BCUT2D eigenvalue weighted by atomic mass is 10.2. The Bertz CT molecular complexity index is 820. The molecule has 1 amide bonds. The summed E-state index contributed by atoms with van der Waals surface area (Å²) in [4.78, 5) is 17.0. The summed E-state index contributed by atoms with van der Waals surface area (Å²) < 4.78 is 5.19. The zero-order chi connectivity index (χ0) is 16.2. The van der Waals surface area contributed by atoms with Crippen LogP contribution in [-0.4, -0.2) is 38.2 Å². The summed E-state index contributed by atoms with van der Waals surface area (Å²) in [5.74, 6) is 0.288. The lowest BCUT2D eigenvalue weighted by Crippen LogP contribution is -2.15. The Hall–Kier alpha value is -3.29. The number of tetrazole rings is 1. The molecule has 0 spiro atoms. The van der Waals surface area contributed by atoms with Crippen molar-refractivity contribution in [1.29, 1.82) is 0 Å². The van der Waals surface area contributed by atoms with Crippen LogP contribution in [0.5, 0.6) is 0 Å². The van der Waals surface area contributed by atoms with Crippen molar-refractivity contribution in [2.75, 3.05) is 7.11 Å². The van der Waals surface area contributed by atoms with E-state index in [-0.39, 0.29) is 0 Å². The molecule has 1 aliphatic carbocycles. The van der Waals surface area contributed by atoms with Gasteiger partial charge in [0.1, 0.15) is 11.5 Å². The van der Waals surface area contributed by atoms with Gasteiger partial charge in [-0.1, -0.05) is 6.07 Å². The third-order valence-electron chi connectivity index (χ3n) is 3.25. The maximum absolute atomic E-state index is 11.5. The molecule has 0 saturated heterocycles. The lowest BCUT2D eigenvalue weighted by molar-refractivity contribution is -0.114. The van der Waals surface area contributed by atoms with Gasteiger partial charge in [0.2, 0.25) is 5.82 Å². The van der Waals surface area contributed by atoms with E-state index < -0.39 is 5.91 Å². The summed E-state index contributed by atoms with van der Waals surface area (Å²) >= 11 is 0. The largest absolute Gasteiger partial charge is 0.496 e. The molecular formula is C15H14N6O2. The molecule has 0 aliphatic heterocycles. The van der Waals surface area contributed by atoms with Crippen molar-refractivity contribution in [2.45, 2.75) is 6.42 Å². The number of carbonyl (C=O) groups excluding carboxylic acids is 1. The number of pyridine rings is 1. The molecule has 0 fully saturated rings. The molecular weight excluding hydrogens is 296 g/mol. The van der Waals surface area contributed by atoms with Crippen LogP contribution in [0.2, 0.25) is 0 Å². The summed E-state index contributed by atoms with van der Waals surface area (Å²) in [5.41, 5.74) is 7.01. The summed E-state index contributed by atoms with van der Waals surface area (Å²) in [5, 5.41) is 12.3. The Labute approximate surface area is 132 Å². The third-order valence-corrected chi connectivity index (χ3v) is 3.25. The van der Waals surface area contributed by atoms with Crippen molar-refractivity contribution >= 4 is 11.6 Å². The van der Waals surface area contributed by atoms with Gasteiger partial charge in [-0.15, -0.1) is 15.0 Å². The molecule has 2 heterocycles. The van der Waals surface area contributed by atoms with Crippen LogP contribution in [0.15, 0.2) is 54.0 Å². The molecule has 0 saturated carbocycles. The number of hydrogen-bond donors (Lipinski definition) is 1. The van der Waals surface area contributed by atoms with Gasteiger partial charge >= 0.3 is 0 Å². The number of carbonyl (C=O) groups is 1. The molecule has 2 N–H and O–H groups in total. The number of nitrogens with zero attached hydrogens (tertiary/aromatic N) is 5. The van der Waals surface area contributed by atoms with Crippen LogP contribution in [0.25, 0.3) is 17.2 Å². The predicted octanol–water partition coefficient (Wildman–Crippen LogP) is 0.922. The number of methoxy groups -OCH3 is 1. The highest BCUT2D eigenvalue weighted by Crippen LogP contribution is 2.21. The molecule has 23 heavy (non-hydrogen) atoms. The van der Waals surface area contributed by atoms with Gasteiger partial charge in [-0.3, -0.25) is 9.78 Å². The molecule has 3 rings (SSSR count). The number of allylic oxidation sites excluding steroid dienone is 4. The van der Waals surface area contributed by atoms with Crippen molar-refractivity contribution < 1.29 is 9.53 Å². The fourth-order valence-corrected chi connectivity index (χ4v) is 2.12. The Morgan fingerprint density at radius 3 is 2.91 bits per heavy atom. The highest BCUT2D eigenvalue weighted by Gasteiger charge is 2.16. The molecule has 0 unspecified atom stereocenters. The number of aromatic nitrogens is 5. The summed E-state index contributed by atoms with van der Waals surface area (Å²) in [7, 11) is 1.49. The minimum absolute atomic E-state index is 0.299. The SMILES string of the molecule is COC1=CCC(n2nnc(-c3ccccn3)n2)=CC=C1C(N)=O. The van der Waals surface area contributed by atoms with Gasteiger partial charge in [-0.2, -0.15) is 0 Å². The van der Waals surface area contributed by atoms with E-state index in [1.54, 1.807) is 30.5 Å². The molecule has 2 aromatic heterocycles. The van der Waals surface area contributed by atoms with Gasteiger partial charge in [0, 0.05) is 12.6 Å². The summed E-state index contributed by atoms with van der Waals surface area (Å²) in [6, 6.07) is 5.47. The molecule has 8 heteroatoms. The average Bonchev–Trinajstić information content (AvgIpc) is 2.95. The second-order valence-corrected chi connectivity index (χ2v) is 4.70. The highest BCUT2D eigenvalue weighted by molar-refractivity contribution is 5.96. The summed E-state index contributed by atoms with van der Waals surface area (Å²) in [6.07, 6.45) is 7.18. The smallest absolute Gasteiger partial charge is 0.252 e. The number of primary amides is 1. The maximum Gasteiger partial charge on any atom is 0.252 e. The normalized spacial score (nSPS) is 14.4. The zero-order valence-electron chi connectivity index (χ0n) is 12.4. The Balaban J connectivity index is 1.93. The van der Waals surface area contributed by atoms with Crippen molar-refractivity contribution in [1.82, 2.24) is 25.2 Å². The average molecular weight is 310 g/mol. The van der Waals surface area contributed by atoms with Crippen LogP contribution in [-0.2, 0) is 9.53 Å². The van der Waals surface area contributed by atoms with E-state index in [0.717, 1.165) is 5.70 Å². The van der Waals surface area contributed by atoms with Crippen molar-refractivity contribution in [3.63, 3.8) is 0 Å². The Morgan fingerprint density at radius 2 is 2.22 bits per heavy atom. The van der Waals surface area contributed by atoms with Gasteiger partial charge in [0.05, 0.1) is 18.4 Å². The number of amides is 1. The van der Waals surface area contributed by atoms with Crippen molar-refractivity contribution in [3.05, 3.63) is 54.0 Å². The van der Waals surface area contributed by atoms with Crippen molar-refractivity contribution in [2.24, 2.45) is 5.73 Å². The predicted molar refractivity (Wildman–Crippen MR) is 82.3 cm³/mol. The van der Waals surface area contributed by atoms with E-state index in [9.17, 15) is 4.79 Å². The van der Waals surface area contributed by atoms with Crippen LogP contribution in [0, 0.1) is 0 Å². The van der Waals surface area contributed by atoms with Crippen LogP contribution in [0.4, 0.5) is 0 Å². The molecule has 116 valence electrons. The molecule has 1 aliphatic rings. The number of hydrogen-bond acceptors (Lipinski definition) is 6. The molecule has 0 radical (unpaired) electrons. The first-order valence-electron chi connectivity index (χ1n) is 6.86. The molecule has 0 bridgehead atoms. The summed E-state index contributed by atoms with van der Waals surface area (Å²) in [6.45, 7) is 0. The van der Waals surface area contributed by atoms with Crippen molar-refractivity contribution in [3.8, 4) is 11.5 Å². The zero-order valence-corrected chi connectivity index (χ0v) is 12.4. The maximum atomic E-state index is 11.5. The second kappa shape index (κ2) is 6.22. The van der Waals surface area contributed by atoms with E-state index >= 15 is 0 Å². The number of rotatable bonds is 4. The van der Waals surface area contributed by atoms with Gasteiger partial charge in [-0.25, -0.2) is 0 Å². The quantitative estimate of drug-likeness (QED) is 0.899. The molecule has 0 aromatic carbocycles. The van der Waals surface area contributed by atoms with E-state index in [4.69, 9.17) is 10.5 Å². The second-order valence-electron chi connectivity index (χ2n) is 4.70. The highest BCUT2D eigenvalue weighted by atomic mass is 16.5. The van der Waals surface area contributed by atoms with E-state index in [2.05, 4.69) is 20.4 Å². The van der Waals surface area contributed by atoms with E-state index in [0.29, 0.717) is 29.3 Å². The number of nitrogens with two attached hydrogens (primary N) is 1. The third kappa shape index (κ3) is 3.00. The Morgan fingerprint density at radius 1 is 1.35 bits per heavy atom. The van der Waals surface area contributed by atoms with E-state index in [1.807, 2.05) is 12.1 Å². The minimum Gasteiger partial charge on any atom is -0.496 e. The topological polar surface area (TPSA) is 109 Å². The minimum atomic E-state index is -0.559. The fourth-order valence-electron chi connectivity index (χ4n) is 2.12. The standard InChI is InChI=1S/C15H14N6O2/c1-23-13-8-6-10(5-7-11(13)14(16)22)21-19-15(18-20-21)12-4-2-3-9-17-12/h2-5,7-9H,6H2,1H3,(H2,16,22). The van der Waals surface area contributed by atoms with Gasteiger partial charge < -0.3 is 10.5 Å². The van der Waals surface area contributed by atoms with Gasteiger partial charge in [-0.05, 0) is 35.6 Å².